The lowest BCUT2D eigenvalue weighted by Crippen LogP contribution is -2.07. The molecule has 1 rings (SSSR count). The second kappa shape index (κ2) is 5.54. The molecule has 1 aliphatic rings. The summed E-state index contributed by atoms with van der Waals surface area (Å²) in [5, 5.41) is 4.33. The SMILES string of the molecule is CC1CCCCC1.CS(N)(=O)=O. The minimum Gasteiger partial charge on any atom is -0.229 e. The Bertz CT molecular complexity index is 185. The average Bonchev–Trinajstić information content (AvgIpc) is 1.85. The molecule has 0 saturated heterocycles. The van der Waals surface area contributed by atoms with E-state index in [1.54, 1.807) is 0 Å². The molecule has 0 aromatic heterocycles. The smallest absolute Gasteiger partial charge is 0.206 e. The zero-order valence-corrected chi connectivity index (χ0v) is 8.73. The molecule has 0 aromatic carbocycles. The molecule has 0 atom stereocenters. The number of rotatable bonds is 0. The zero-order chi connectivity index (χ0) is 9.61. The molecule has 0 spiro atoms. The van der Waals surface area contributed by atoms with Gasteiger partial charge in [-0.05, 0) is 5.92 Å². The van der Waals surface area contributed by atoms with Gasteiger partial charge in [-0.15, -0.1) is 0 Å². The largest absolute Gasteiger partial charge is 0.229 e. The summed E-state index contributed by atoms with van der Waals surface area (Å²) in [6.45, 7) is 2.36. The van der Waals surface area contributed by atoms with E-state index in [-0.39, 0.29) is 0 Å². The first-order chi connectivity index (χ1) is 5.39. The van der Waals surface area contributed by atoms with Gasteiger partial charge in [0.05, 0.1) is 6.26 Å². The number of primary sulfonamides is 1. The van der Waals surface area contributed by atoms with Crippen LogP contribution in [-0.2, 0) is 10.0 Å². The molecule has 0 aliphatic heterocycles. The number of sulfonamides is 1. The molecule has 2 N–H and O–H groups in total. The van der Waals surface area contributed by atoms with Gasteiger partial charge in [-0.3, -0.25) is 0 Å². The molecular weight excluding hydrogens is 174 g/mol. The van der Waals surface area contributed by atoms with Crippen molar-refractivity contribution in [2.24, 2.45) is 11.1 Å². The molecule has 3 nitrogen and oxygen atoms in total. The monoisotopic (exact) mass is 193 g/mol. The third kappa shape index (κ3) is 12.6. The van der Waals surface area contributed by atoms with Crippen LogP contribution in [0.2, 0.25) is 0 Å². The second-order valence-corrected chi connectivity index (χ2v) is 5.23. The summed E-state index contributed by atoms with van der Waals surface area (Å²) in [5.74, 6) is 1.04. The average molecular weight is 193 g/mol. The first-order valence-electron chi connectivity index (χ1n) is 4.37. The summed E-state index contributed by atoms with van der Waals surface area (Å²) in [4.78, 5) is 0. The first-order valence-corrected chi connectivity index (χ1v) is 6.33. The van der Waals surface area contributed by atoms with Gasteiger partial charge in [0.15, 0.2) is 0 Å². The first kappa shape index (κ1) is 11.9. The van der Waals surface area contributed by atoms with Crippen LogP contribution in [0.25, 0.3) is 0 Å². The lowest BCUT2D eigenvalue weighted by atomic mass is 9.91. The maximum Gasteiger partial charge on any atom is 0.206 e. The van der Waals surface area contributed by atoms with Crippen molar-refractivity contribution in [3.63, 3.8) is 0 Å². The third-order valence-corrected chi connectivity index (χ3v) is 1.89. The highest BCUT2D eigenvalue weighted by Gasteiger charge is 2.05. The van der Waals surface area contributed by atoms with Crippen LogP contribution in [0, 0.1) is 5.92 Å². The van der Waals surface area contributed by atoms with Gasteiger partial charge in [0.25, 0.3) is 0 Å². The van der Waals surface area contributed by atoms with Gasteiger partial charge < -0.3 is 0 Å². The second-order valence-electron chi connectivity index (χ2n) is 3.57. The molecule has 4 heteroatoms. The molecule has 74 valence electrons. The summed E-state index contributed by atoms with van der Waals surface area (Å²) in [6.07, 6.45) is 8.37. The summed E-state index contributed by atoms with van der Waals surface area (Å²) >= 11 is 0. The van der Waals surface area contributed by atoms with Crippen LogP contribution in [0.3, 0.4) is 0 Å². The minimum absolute atomic E-state index is 0.938. The summed E-state index contributed by atoms with van der Waals surface area (Å²) < 4.78 is 18.8. The Morgan fingerprint density at radius 1 is 1.17 bits per heavy atom. The predicted molar refractivity (Wildman–Crippen MR) is 51.3 cm³/mol. The quantitative estimate of drug-likeness (QED) is 0.633. The minimum atomic E-state index is -3.17. The van der Waals surface area contributed by atoms with E-state index in [1.165, 1.54) is 32.1 Å². The Morgan fingerprint density at radius 2 is 1.50 bits per heavy atom. The van der Waals surface area contributed by atoms with Crippen LogP contribution in [0.1, 0.15) is 39.0 Å². The molecular formula is C8H19NO2S. The summed E-state index contributed by atoms with van der Waals surface area (Å²) in [6, 6.07) is 0. The molecule has 0 unspecified atom stereocenters. The van der Waals surface area contributed by atoms with Crippen LogP contribution in [-0.4, -0.2) is 14.7 Å². The van der Waals surface area contributed by atoms with E-state index in [4.69, 9.17) is 0 Å². The Labute approximate surface area is 75.4 Å². The molecule has 0 aromatic rings. The fourth-order valence-corrected chi connectivity index (χ4v) is 1.31. The van der Waals surface area contributed by atoms with Gasteiger partial charge >= 0.3 is 0 Å². The highest BCUT2D eigenvalue weighted by atomic mass is 32.2. The van der Waals surface area contributed by atoms with Crippen molar-refractivity contribution < 1.29 is 8.42 Å². The third-order valence-electron chi connectivity index (χ3n) is 1.89. The highest BCUT2D eigenvalue weighted by molar-refractivity contribution is 7.88. The molecule has 1 saturated carbocycles. The van der Waals surface area contributed by atoms with Crippen LogP contribution < -0.4 is 5.14 Å². The van der Waals surface area contributed by atoms with E-state index < -0.39 is 10.0 Å². The van der Waals surface area contributed by atoms with Crippen molar-refractivity contribution in [3.8, 4) is 0 Å². The number of hydrogen-bond acceptors (Lipinski definition) is 2. The van der Waals surface area contributed by atoms with Gasteiger partial charge in [0.1, 0.15) is 0 Å². The maximum atomic E-state index is 9.41. The van der Waals surface area contributed by atoms with Crippen molar-refractivity contribution >= 4 is 10.0 Å². The standard InChI is InChI=1S/C7H14.CH5NO2S/c1-7-5-3-2-4-6-7;1-5(2,3)4/h7H,2-6H2,1H3;1H3,(H2,2,3,4). The topological polar surface area (TPSA) is 60.2 Å². The molecule has 1 aliphatic carbocycles. The fourth-order valence-electron chi connectivity index (χ4n) is 1.31. The molecule has 0 bridgehead atoms. The number of hydrogen-bond donors (Lipinski definition) is 1. The zero-order valence-electron chi connectivity index (χ0n) is 7.91. The molecule has 12 heavy (non-hydrogen) atoms. The summed E-state index contributed by atoms with van der Waals surface area (Å²) in [5.41, 5.74) is 0. The Kier molecular flexibility index (Phi) is 5.50. The van der Waals surface area contributed by atoms with Crippen LogP contribution in [0.15, 0.2) is 0 Å². The van der Waals surface area contributed by atoms with Gasteiger partial charge in [-0.2, -0.15) is 0 Å². The molecule has 1 fully saturated rings. The van der Waals surface area contributed by atoms with E-state index in [0.29, 0.717) is 0 Å². The van der Waals surface area contributed by atoms with Gasteiger partial charge in [-0.25, -0.2) is 13.6 Å². The van der Waals surface area contributed by atoms with E-state index in [0.717, 1.165) is 12.2 Å². The van der Waals surface area contributed by atoms with Crippen molar-refractivity contribution in [2.45, 2.75) is 39.0 Å². The molecule has 0 amide bonds. The number of nitrogens with two attached hydrogens (primary N) is 1. The lowest BCUT2D eigenvalue weighted by molar-refractivity contribution is 0.385. The Morgan fingerprint density at radius 3 is 1.67 bits per heavy atom. The highest BCUT2D eigenvalue weighted by Crippen LogP contribution is 2.21. The van der Waals surface area contributed by atoms with Crippen molar-refractivity contribution in [1.29, 1.82) is 0 Å². The van der Waals surface area contributed by atoms with Crippen LogP contribution in [0.4, 0.5) is 0 Å². The molecule has 0 heterocycles. The van der Waals surface area contributed by atoms with E-state index >= 15 is 0 Å². The Balaban J connectivity index is 0.000000217. The van der Waals surface area contributed by atoms with Crippen molar-refractivity contribution in [3.05, 3.63) is 0 Å². The lowest BCUT2D eigenvalue weighted by Gasteiger charge is -2.15. The van der Waals surface area contributed by atoms with Crippen LogP contribution >= 0.6 is 0 Å². The normalized spacial score (nSPS) is 19.6. The van der Waals surface area contributed by atoms with Gasteiger partial charge in [-0.1, -0.05) is 39.0 Å². The molecule has 0 radical (unpaired) electrons. The van der Waals surface area contributed by atoms with Crippen LogP contribution in [0.5, 0.6) is 0 Å². The van der Waals surface area contributed by atoms with Gasteiger partial charge in [0.2, 0.25) is 10.0 Å². The Hall–Kier alpha value is -0.0900. The van der Waals surface area contributed by atoms with E-state index in [2.05, 4.69) is 12.1 Å². The predicted octanol–water partition coefficient (Wildman–Crippen LogP) is 1.49. The van der Waals surface area contributed by atoms with E-state index in [1.807, 2.05) is 0 Å². The van der Waals surface area contributed by atoms with Crippen molar-refractivity contribution in [1.82, 2.24) is 0 Å². The summed E-state index contributed by atoms with van der Waals surface area (Å²) in [7, 11) is -3.17. The van der Waals surface area contributed by atoms with E-state index in [9.17, 15) is 8.42 Å². The van der Waals surface area contributed by atoms with Gasteiger partial charge in [0, 0.05) is 0 Å². The fraction of sp³-hybridized carbons (Fsp3) is 1.00. The maximum absolute atomic E-state index is 9.41. The van der Waals surface area contributed by atoms with Crippen molar-refractivity contribution in [2.75, 3.05) is 6.26 Å².